The summed E-state index contributed by atoms with van der Waals surface area (Å²) in [4.78, 5) is 13.2. The minimum Gasteiger partial charge on any atom is -0.317 e. The van der Waals surface area contributed by atoms with Gasteiger partial charge in [-0.05, 0) is 41.1 Å². The van der Waals surface area contributed by atoms with Gasteiger partial charge >= 0.3 is 0 Å². The second kappa shape index (κ2) is 5.41. The van der Waals surface area contributed by atoms with E-state index in [4.69, 9.17) is 0 Å². The molecule has 0 fully saturated rings. The molecule has 0 amide bonds. The number of fused-ring (bicyclic) bond motifs is 1. The van der Waals surface area contributed by atoms with E-state index in [2.05, 4.69) is 31.7 Å². The summed E-state index contributed by atoms with van der Waals surface area (Å²) in [7, 11) is 1.80. The molecule has 0 bridgehead atoms. The molecule has 2 aromatic carbocycles. The quantitative estimate of drug-likeness (QED) is 0.708. The zero-order valence-corrected chi connectivity index (χ0v) is 13.0. The number of pyridine rings is 1. The van der Waals surface area contributed by atoms with Gasteiger partial charge in [0.1, 0.15) is 0 Å². The number of rotatable bonds is 2. The normalized spacial score (nSPS) is 11.0. The number of thiol groups is 1. The monoisotopic (exact) mass is 295 g/mol. The topological polar surface area (TPSA) is 22.0 Å². The van der Waals surface area contributed by atoms with Gasteiger partial charge in [0.05, 0.1) is 0 Å². The lowest BCUT2D eigenvalue weighted by atomic mass is 9.95. The summed E-state index contributed by atoms with van der Waals surface area (Å²) in [6.45, 7) is 2.14. The van der Waals surface area contributed by atoms with Crippen LogP contribution in [-0.2, 0) is 13.5 Å². The Hall–Kier alpha value is -2.00. The number of aromatic nitrogens is 1. The highest BCUT2D eigenvalue weighted by Crippen LogP contribution is 2.31. The van der Waals surface area contributed by atoms with Crippen LogP contribution in [0.4, 0.5) is 0 Å². The summed E-state index contributed by atoms with van der Waals surface area (Å²) in [6, 6.07) is 14.0. The third-order valence-corrected chi connectivity index (χ3v) is 4.13. The van der Waals surface area contributed by atoms with Crippen LogP contribution in [0, 0.1) is 0 Å². The lowest BCUT2D eigenvalue weighted by Crippen LogP contribution is -2.16. The van der Waals surface area contributed by atoms with E-state index in [0.29, 0.717) is 0 Å². The van der Waals surface area contributed by atoms with Gasteiger partial charge in [-0.2, -0.15) is 0 Å². The van der Waals surface area contributed by atoms with Gasteiger partial charge in [-0.25, -0.2) is 0 Å². The maximum atomic E-state index is 12.3. The highest BCUT2D eigenvalue weighted by atomic mass is 32.1. The van der Waals surface area contributed by atoms with Gasteiger partial charge in [0.15, 0.2) is 0 Å². The van der Waals surface area contributed by atoms with Crippen LogP contribution in [0.15, 0.2) is 58.4 Å². The van der Waals surface area contributed by atoms with E-state index in [9.17, 15) is 4.79 Å². The van der Waals surface area contributed by atoms with Gasteiger partial charge in [0, 0.05) is 29.1 Å². The predicted octanol–water partition coefficient (Wildman–Crippen LogP) is 4.06. The van der Waals surface area contributed by atoms with Crippen molar-refractivity contribution in [2.75, 3.05) is 0 Å². The average molecular weight is 295 g/mol. The molecule has 0 saturated carbocycles. The van der Waals surface area contributed by atoms with Gasteiger partial charge < -0.3 is 4.57 Å². The minimum absolute atomic E-state index is 0.0365. The molecule has 0 spiro atoms. The Morgan fingerprint density at radius 3 is 2.48 bits per heavy atom. The van der Waals surface area contributed by atoms with Crippen LogP contribution in [-0.4, -0.2) is 4.57 Å². The number of hydrogen-bond acceptors (Lipinski definition) is 2. The first-order valence-electron chi connectivity index (χ1n) is 7.02. The molecule has 21 heavy (non-hydrogen) atoms. The summed E-state index contributed by atoms with van der Waals surface area (Å²) in [5.74, 6) is 0. The van der Waals surface area contributed by atoms with Crippen LogP contribution < -0.4 is 5.56 Å². The van der Waals surface area contributed by atoms with E-state index in [1.165, 1.54) is 5.56 Å². The zero-order chi connectivity index (χ0) is 15.0. The molecule has 0 atom stereocenters. The summed E-state index contributed by atoms with van der Waals surface area (Å²) in [5.41, 5.74) is 3.53. The Balaban J connectivity index is 2.44. The van der Waals surface area contributed by atoms with E-state index in [1.807, 2.05) is 36.5 Å². The fraction of sp³-hybridized carbons (Fsp3) is 0.167. The molecule has 0 unspecified atom stereocenters. The Kier molecular flexibility index (Phi) is 3.60. The van der Waals surface area contributed by atoms with E-state index in [1.54, 1.807) is 11.6 Å². The van der Waals surface area contributed by atoms with Crippen molar-refractivity contribution >= 4 is 23.4 Å². The SMILES string of the molecule is CCc1ccc(S)cc1-c1cn(C)c(=O)c2ccccc12. The van der Waals surface area contributed by atoms with Crippen molar-refractivity contribution < 1.29 is 0 Å². The van der Waals surface area contributed by atoms with Crippen molar-refractivity contribution in [2.45, 2.75) is 18.2 Å². The first kappa shape index (κ1) is 14.0. The van der Waals surface area contributed by atoms with Crippen molar-refractivity contribution in [3.63, 3.8) is 0 Å². The Morgan fingerprint density at radius 1 is 1.05 bits per heavy atom. The lowest BCUT2D eigenvalue weighted by Gasteiger charge is -2.13. The molecular formula is C18H17NOS. The van der Waals surface area contributed by atoms with Crippen molar-refractivity contribution in [1.82, 2.24) is 4.57 Å². The molecule has 3 aromatic rings. The maximum absolute atomic E-state index is 12.3. The predicted molar refractivity (Wildman–Crippen MR) is 91.3 cm³/mol. The molecule has 3 rings (SSSR count). The highest BCUT2D eigenvalue weighted by molar-refractivity contribution is 7.80. The molecule has 0 saturated heterocycles. The Morgan fingerprint density at radius 2 is 1.76 bits per heavy atom. The summed E-state index contributed by atoms with van der Waals surface area (Å²) in [5, 5.41) is 1.75. The third-order valence-electron chi connectivity index (χ3n) is 3.86. The molecule has 0 aliphatic heterocycles. The van der Waals surface area contributed by atoms with Gasteiger partial charge in [-0.1, -0.05) is 31.2 Å². The van der Waals surface area contributed by atoms with Gasteiger partial charge in [-0.3, -0.25) is 4.79 Å². The summed E-state index contributed by atoms with van der Waals surface area (Å²) >= 11 is 4.46. The molecular weight excluding hydrogens is 278 g/mol. The second-order valence-corrected chi connectivity index (χ2v) is 5.72. The molecule has 106 valence electrons. The highest BCUT2D eigenvalue weighted by Gasteiger charge is 2.11. The van der Waals surface area contributed by atoms with E-state index in [-0.39, 0.29) is 5.56 Å². The molecule has 1 aromatic heterocycles. The fourth-order valence-corrected chi connectivity index (χ4v) is 2.96. The van der Waals surface area contributed by atoms with E-state index in [0.717, 1.165) is 33.2 Å². The molecule has 0 aliphatic carbocycles. The molecule has 0 N–H and O–H groups in total. The van der Waals surface area contributed by atoms with Gasteiger partial charge in [0.25, 0.3) is 5.56 Å². The molecule has 3 heteroatoms. The number of aryl methyl sites for hydroxylation is 2. The van der Waals surface area contributed by atoms with Crippen molar-refractivity contribution in [2.24, 2.45) is 7.05 Å². The van der Waals surface area contributed by atoms with Gasteiger partial charge in [-0.15, -0.1) is 12.6 Å². The number of nitrogens with zero attached hydrogens (tertiary/aromatic N) is 1. The Labute approximate surface area is 129 Å². The average Bonchev–Trinajstić information content (AvgIpc) is 2.51. The van der Waals surface area contributed by atoms with Crippen LogP contribution in [0.1, 0.15) is 12.5 Å². The summed E-state index contributed by atoms with van der Waals surface area (Å²) < 4.78 is 1.66. The smallest absolute Gasteiger partial charge is 0.258 e. The molecule has 1 heterocycles. The second-order valence-electron chi connectivity index (χ2n) is 5.20. The summed E-state index contributed by atoms with van der Waals surface area (Å²) in [6.07, 6.45) is 2.87. The van der Waals surface area contributed by atoms with E-state index < -0.39 is 0 Å². The third kappa shape index (κ3) is 2.38. The minimum atomic E-state index is 0.0365. The Bertz CT molecular complexity index is 880. The first-order chi connectivity index (χ1) is 10.1. The molecule has 0 radical (unpaired) electrons. The standard InChI is InChI=1S/C18H17NOS/c1-3-12-8-9-13(21)10-16(12)17-11-19(2)18(20)15-7-5-4-6-14(15)17/h4-11,21H,3H2,1-2H3. The number of benzene rings is 2. The van der Waals surface area contributed by atoms with Crippen LogP contribution in [0.25, 0.3) is 21.9 Å². The first-order valence-corrected chi connectivity index (χ1v) is 7.47. The molecule has 2 nitrogen and oxygen atoms in total. The van der Waals surface area contributed by atoms with Crippen molar-refractivity contribution in [1.29, 1.82) is 0 Å². The fourth-order valence-electron chi connectivity index (χ4n) is 2.75. The van der Waals surface area contributed by atoms with Crippen LogP contribution in [0.5, 0.6) is 0 Å². The van der Waals surface area contributed by atoms with Crippen molar-refractivity contribution in [3.8, 4) is 11.1 Å². The zero-order valence-electron chi connectivity index (χ0n) is 12.1. The van der Waals surface area contributed by atoms with Gasteiger partial charge in [0.2, 0.25) is 0 Å². The van der Waals surface area contributed by atoms with E-state index >= 15 is 0 Å². The lowest BCUT2D eigenvalue weighted by molar-refractivity contribution is 0.874. The van der Waals surface area contributed by atoms with Crippen LogP contribution in [0.3, 0.4) is 0 Å². The molecule has 0 aliphatic rings. The number of hydrogen-bond donors (Lipinski definition) is 1. The van der Waals surface area contributed by atoms with Crippen molar-refractivity contribution in [3.05, 3.63) is 64.6 Å². The largest absolute Gasteiger partial charge is 0.317 e. The van der Waals surface area contributed by atoms with Crippen LogP contribution >= 0.6 is 12.6 Å². The maximum Gasteiger partial charge on any atom is 0.258 e. The van der Waals surface area contributed by atoms with Crippen LogP contribution in [0.2, 0.25) is 0 Å².